The fraction of sp³-hybridized carbons (Fsp3) is 0.364. The van der Waals surface area contributed by atoms with Crippen molar-refractivity contribution in [2.45, 2.75) is 12.5 Å². The van der Waals surface area contributed by atoms with E-state index in [4.69, 9.17) is 0 Å². The van der Waals surface area contributed by atoms with Gasteiger partial charge in [0.15, 0.2) is 0 Å². The summed E-state index contributed by atoms with van der Waals surface area (Å²) in [5.41, 5.74) is 1.42. The van der Waals surface area contributed by atoms with E-state index in [0.717, 1.165) is 9.87 Å². The van der Waals surface area contributed by atoms with E-state index in [2.05, 4.69) is 4.72 Å². The van der Waals surface area contributed by atoms with Crippen molar-refractivity contribution >= 4 is 16.2 Å². The predicted molar refractivity (Wildman–Crippen MR) is 65.2 cm³/mol. The predicted octanol–water partition coefficient (Wildman–Crippen LogP) is 0.135. The molecule has 7 heteroatoms. The molecule has 1 aliphatic rings. The van der Waals surface area contributed by atoms with Crippen molar-refractivity contribution in [1.82, 2.24) is 9.03 Å². The largest absolute Gasteiger partial charge is 0.480 e. The number of hydrogen-bond acceptors (Lipinski definition) is 3. The van der Waals surface area contributed by atoms with Crippen molar-refractivity contribution < 1.29 is 18.3 Å². The summed E-state index contributed by atoms with van der Waals surface area (Å²) in [5, 5.41) is 9.28. The molecule has 1 aromatic carbocycles. The summed E-state index contributed by atoms with van der Waals surface area (Å²) in [4.78, 5) is 11.4. The lowest BCUT2D eigenvalue weighted by molar-refractivity contribution is -0.142. The molecule has 0 saturated carbocycles. The maximum Gasteiger partial charge on any atom is 0.326 e. The molecular weight excluding hydrogens is 256 g/mol. The molecule has 1 heterocycles. The SMILES string of the molecule is CNS(=O)(=O)N1CCc2ccccc2C1C(=O)O. The maximum absolute atomic E-state index is 11.8. The van der Waals surface area contributed by atoms with Gasteiger partial charge in [0.1, 0.15) is 6.04 Å². The first-order valence-electron chi connectivity index (χ1n) is 5.48. The van der Waals surface area contributed by atoms with E-state index in [1.165, 1.54) is 7.05 Å². The van der Waals surface area contributed by atoms with Crippen LogP contribution in [0.5, 0.6) is 0 Å². The summed E-state index contributed by atoms with van der Waals surface area (Å²) < 4.78 is 26.8. The number of carbonyl (C=O) groups is 1. The van der Waals surface area contributed by atoms with Gasteiger partial charge >= 0.3 is 5.97 Å². The van der Waals surface area contributed by atoms with Crippen molar-refractivity contribution in [2.24, 2.45) is 0 Å². The van der Waals surface area contributed by atoms with Gasteiger partial charge in [-0.2, -0.15) is 12.7 Å². The zero-order valence-electron chi connectivity index (χ0n) is 9.83. The van der Waals surface area contributed by atoms with Crippen molar-refractivity contribution in [3.63, 3.8) is 0 Å². The number of carboxylic acids is 1. The Morgan fingerprint density at radius 3 is 2.72 bits per heavy atom. The van der Waals surface area contributed by atoms with E-state index in [1.54, 1.807) is 12.1 Å². The van der Waals surface area contributed by atoms with E-state index in [9.17, 15) is 18.3 Å². The molecule has 2 N–H and O–H groups in total. The molecule has 0 aliphatic carbocycles. The number of nitrogens with one attached hydrogen (secondary N) is 1. The highest BCUT2D eigenvalue weighted by molar-refractivity contribution is 7.87. The van der Waals surface area contributed by atoms with Gasteiger partial charge in [0.2, 0.25) is 0 Å². The molecular formula is C11H14N2O4S. The minimum Gasteiger partial charge on any atom is -0.480 e. The third kappa shape index (κ3) is 2.12. The number of fused-ring (bicyclic) bond motifs is 1. The van der Waals surface area contributed by atoms with Gasteiger partial charge in [-0.3, -0.25) is 4.79 Å². The van der Waals surface area contributed by atoms with E-state index >= 15 is 0 Å². The highest BCUT2D eigenvalue weighted by Crippen LogP contribution is 2.31. The summed E-state index contributed by atoms with van der Waals surface area (Å²) in [6.45, 7) is 0.164. The van der Waals surface area contributed by atoms with Gasteiger partial charge in [-0.25, -0.2) is 4.72 Å². The summed E-state index contributed by atoms with van der Waals surface area (Å²) in [6.07, 6.45) is 0.515. The van der Waals surface area contributed by atoms with Crippen molar-refractivity contribution in [3.8, 4) is 0 Å². The second-order valence-electron chi connectivity index (χ2n) is 4.01. The first-order valence-corrected chi connectivity index (χ1v) is 6.92. The Morgan fingerprint density at radius 2 is 2.11 bits per heavy atom. The number of rotatable bonds is 3. The number of hydrogen-bond donors (Lipinski definition) is 2. The molecule has 98 valence electrons. The summed E-state index contributed by atoms with van der Waals surface area (Å²) in [6, 6.07) is 5.86. The van der Waals surface area contributed by atoms with Gasteiger partial charge in [0, 0.05) is 13.6 Å². The monoisotopic (exact) mass is 270 g/mol. The standard InChI is InChI=1S/C11H14N2O4S/c1-12-18(16,17)13-7-6-8-4-2-3-5-9(8)10(13)11(14)15/h2-5,10,12H,6-7H2,1H3,(H,14,15). The molecule has 0 amide bonds. The molecule has 1 unspecified atom stereocenters. The minimum absolute atomic E-state index is 0.164. The number of benzene rings is 1. The smallest absolute Gasteiger partial charge is 0.326 e. The normalized spacial score (nSPS) is 20.4. The van der Waals surface area contributed by atoms with Crippen LogP contribution in [0.25, 0.3) is 0 Å². The maximum atomic E-state index is 11.8. The summed E-state index contributed by atoms with van der Waals surface area (Å²) in [7, 11) is -2.48. The average molecular weight is 270 g/mol. The van der Waals surface area contributed by atoms with Crippen LogP contribution >= 0.6 is 0 Å². The Kier molecular flexibility index (Phi) is 3.38. The van der Waals surface area contributed by atoms with Gasteiger partial charge < -0.3 is 5.11 Å². The Morgan fingerprint density at radius 1 is 1.44 bits per heavy atom. The van der Waals surface area contributed by atoms with E-state index in [0.29, 0.717) is 12.0 Å². The van der Waals surface area contributed by atoms with Crippen LogP contribution in [0.2, 0.25) is 0 Å². The molecule has 0 aromatic heterocycles. The molecule has 0 bridgehead atoms. The van der Waals surface area contributed by atoms with Gasteiger partial charge in [-0.1, -0.05) is 24.3 Å². The topological polar surface area (TPSA) is 86.7 Å². The van der Waals surface area contributed by atoms with Crippen molar-refractivity contribution in [2.75, 3.05) is 13.6 Å². The second-order valence-corrected chi connectivity index (χ2v) is 5.84. The molecule has 0 saturated heterocycles. The Bertz CT molecular complexity index is 570. The lowest BCUT2D eigenvalue weighted by atomic mass is 9.94. The first-order chi connectivity index (χ1) is 8.47. The van der Waals surface area contributed by atoms with Crippen LogP contribution in [0.4, 0.5) is 0 Å². The number of aliphatic carboxylic acids is 1. The summed E-state index contributed by atoms with van der Waals surface area (Å²) >= 11 is 0. The highest BCUT2D eigenvalue weighted by Gasteiger charge is 2.39. The molecule has 1 atom stereocenters. The Hall–Kier alpha value is -1.44. The van der Waals surface area contributed by atoms with Crippen LogP contribution < -0.4 is 4.72 Å². The lowest BCUT2D eigenvalue weighted by Gasteiger charge is -2.33. The van der Waals surface area contributed by atoms with Gasteiger partial charge in [0.05, 0.1) is 0 Å². The van der Waals surface area contributed by atoms with E-state index in [-0.39, 0.29) is 6.54 Å². The van der Waals surface area contributed by atoms with Crippen LogP contribution in [0.3, 0.4) is 0 Å². The Labute approximate surface area is 105 Å². The molecule has 1 aliphatic heterocycles. The number of nitrogens with zero attached hydrogens (tertiary/aromatic N) is 1. The van der Waals surface area contributed by atoms with Crippen LogP contribution in [0, 0.1) is 0 Å². The molecule has 6 nitrogen and oxygen atoms in total. The van der Waals surface area contributed by atoms with Crippen LogP contribution in [0.15, 0.2) is 24.3 Å². The van der Waals surface area contributed by atoms with Gasteiger partial charge in [0.25, 0.3) is 10.2 Å². The lowest BCUT2D eigenvalue weighted by Crippen LogP contribution is -2.47. The third-order valence-electron chi connectivity index (χ3n) is 3.04. The zero-order valence-corrected chi connectivity index (χ0v) is 10.6. The molecule has 0 radical (unpaired) electrons. The van der Waals surface area contributed by atoms with Crippen molar-refractivity contribution in [3.05, 3.63) is 35.4 Å². The quantitative estimate of drug-likeness (QED) is 0.817. The molecule has 2 rings (SSSR count). The van der Waals surface area contributed by atoms with Gasteiger partial charge in [-0.05, 0) is 17.5 Å². The fourth-order valence-electron chi connectivity index (χ4n) is 2.18. The molecule has 1 aromatic rings. The first kappa shape index (κ1) is 13.0. The third-order valence-corrected chi connectivity index (χ3v) is 4.57. The summed E-state index contributed by atoms with van der Waals surface area (Å²) in [5.74, 6) is -1.17. The van der Waals surface area contributed by atoms with Gasteiger partial charge in [-0.15, -0.1) is 0 Å². The molecule has 18 heavy (non-hydrogen) atoms. The van der Waals surface area contributed by atoms with E-state index in [1.807, 2.05) is 12.1 Å². The van der Waals surface area contributed by atoms with Crippen LogP contribution in [-0.2, 0) is 21.4 Å². The fourth-order valence-corrected chi connectivity index (χ4v) is 3.22. The molecule has 0 spiro atoms. The second kappa shape index (κ2) is 4.68. The van der Waals surface area contributed by atoms with Crippen molar-refractivity contribution in [1.29, 1.82) is 0 Å². The Balaban J connectivity index is 2.52. The van der Waals surface area contributed by atoms with E-state index < -0.39 is 22.2 Å². The van der Waals surface area contributed by atoms with Crippen LogP contribution in [0.1, 0.15) is 17.2 Å². The average Bonchev–Trinajstić information content (AvgIpc) is 2.37. The molecule has 0 fully saturated rings. The number of carboxylic acid groups (broad SMARTS) is 1. The van der Waals surface area contributed by atoms with Crippen LogP contribution in [-0.4, -0.2) is 37.4 Å². The zero-order chi connectivity index (χ0) is 13.3. The minimum atomic E-state index is -3.76. The highest BCUT2D eigenvalue weighted by atomic mass is 32.2.